The summed E-state index contributed by atoms with van der Waals surface area (Å²) in [5, 5.41) is 0. The molecule has 0 aliphatic heterocycles. The van der Waals surface area contributed by atoms with Crippen molar-refractivity contribution in [3.63, 3.8) is 0 Å². The first kappa shape index (κ1) is 19.0. The van der Waals surface area contributed by atoms with E-state index in [9.17, 15) is 9.18 Å². The number of amides is 1. The molecule has 0 saturated carbocycles. The average Bonchev–Trinajstić information content (AvgIpc) is 2.69. The van der Waals surface area contributed by atoms with Crippen LogP contribution in [0.15, 0.2) is 71.3 Å². The van der Waals surface area contributed by atoms with E-state index in [2.05, 4.69) is 20.9 Å². The van der Waals surface area contributed by atoms with Crippen molar-refractivity contribution in [2.45, 2.75) is 6.42 Å². The minimum absolute atomic E-state index is 0.0741. The number of rotatable bonds is 6. The maximum Gasteiger partial charge on any atom is 0.253 e. The molecule has 27 heavy (non-hydrogen) atoms. The van der Waals surface area contributed by atoms with Gasteiger partial charge < -0.3 is 9.64 Å². The highest BCUT2D eigenvalue weighted by atomic mass is 79.9. The van der Waals surface area contributed by atoms with Crippen molar-refractivity contribution in [3.8, 4) is 11.5 Å². The molecule has 0 bridgehead atoms. The molecular formula is C21H18BrFN2O2. The number of hydrogen-bond acceptors (Lipinski definition) is 3. The summed E-state index contributed by atoms with van der Waals surface area (Å²) >= 11 is 3.34. The number of carbonyl (C=O) groups is 1. The first-order valence-electron chi connectivity index (χ1n) is 8.41. The van der Waals surface area contributed by atoms with Gasteiger partial charge in [0.1, 0.15) is 5.75 Å². The predicted molar refractivity (Wildman–Crippen MR) is 106 cm³/mol. The second kappa shape index (κ2) is 8.77. The number of nitrogens with zero attached hydrogens (tertiary/aromatic N) is 2. The van der Waals surface area contributed by atoms with Crippen molar-refractivity contribution >= 4 is 21.8 Å². The second-order valence-electron chi connectivity index (χ2n) is 6.00. The number of likely N-dealkylation sites (N-methyl/N-ethyl adjacent to an activating group) is 1. The van der Waals surface area contributed by atoms with Crippen LogP contribution in [0.4, 0.5) is 4.39 Å². The van der Waals surface area contributed by atoms with Crippen molar-refractivity contribution in [1.29, 1.82) is 0 Å². The van der Waals surface area contributed by atoms with Crippen molar-refractivity contribution < 1.29 is 13.9 Å². The van der Waals surface area contributed by atoms with Crippen LogP contribution in [0.25, 0.3) is 0 Å². The van der Waals surface area contributed by atoms with E-state index in [1.807, 2.05) is 30.3 Å². The Morgan fingerprint density at radius 3 is 2.59 bits per heavy atom. The van der Waals surface area contributed by atoms with E-state index in [0.29, 0.717) is 18.7 Å². The van der Waals surface area contributed by atoms with Crippen LogP contribution in [0.5, 0.6) is 11.5 Å². The highest BCUT2D eigenvalue weighted by Gasteiger charge is 2.15. The van der Waals surface area contributed by atoms with Gasteiger partial charge >= 0.3 is 0 Å². The first-order valence-corrected chi connectivity index (χ1v) is 9.20. The molecule has 0 saturated heterocycles. The maximum absolute atomic E-state index is 14.4. The third kappa shape index (κ3) is 5.14. The Bertz CT molecular complexity index is 917. The first-order chi connectivity index (χ1) is 13.0. The standard InChI is InChI=1S/C21H18BrFN2O2/c1-25(13-11-17-4-2-3-12-24-17)21(26)15-5-10-20(19(23)14-15)27-18-8-6-16(22)7-9-18/h2-10,12,14H,11,13H2,1H3. The van der Waals surface area contributed by atoms with Gasteiger partial charge in [-0.3, -0.25) is 9.78 Å². The summed E-state index contributed by atoms with van der Waals surface area (Å²) in [6, 6.07) is 17.0. The molecule has 0 N–H and O–H groups in total. The van der Waals surface area contributed by atoms with Crippen molar-refractivity contribution in [2.24, 2.45) is 0 Å². The van der Waals surface area contributed by atoms with E-state index in [4.69, 9.17) is 4.74 Å². The number of hydrogen-bond donors (Lipinski definition) is 0. The zero-order chi connectivity index (χ0) is 19.2. The molecule has 1 aromatic heterocycles. The summed E-state index contributed by atoms with van der Waals surface area (Å²) in [5.41, 5.74) is 1.18. The lowest BCUT2D eigenvalue weighted by atomic mass is 10.1. The summed E-state index contributed by atoms with van der Waals surface area (Å²) in [6.45, 7) is 0.495. The molecule has 1 heterocycles. The molecule has 0 radical (unpaired) electrons. The topological polar surface area (TPSA) is 42.4 Å². The fraction of sp³-hybridized carbons (Fsp3) is 0.143. The Morgan fingerprint density at radius 1 is 1.15 bits per heavy atom. The molecule has 3 rings (SSSR count). The quantitative estimate of drug-likeness (QED) is 0.548. The van der Waals surface area contributed by atoms with E-state index in [1.165, 1.54) is 12.1 Å². The fourth-order valence-electron chi connectivity index (χ4n) is 2.50. The Labute approximate surface area is 165 Å². The summed E-state index contributed by atoms with van der Waals surface area (Å²) in [6.07, 6.45) is 2.35. The SMILES string of the molecule is CN(CCc1ccccn1)C(=O)c1ccc(Oc2ccc(Br)cc2)c(F)c1. The van der Waals surface area contributed by atoms with E-state index in [-0.39, 0.29) is 17.2 Å². The number of pyridine rings is 1. The van der Waals surface area contributed by atoms with Crippen molar-refractivity contribution in [2.75, 3.05) is 13.6 Å². The van der Waals surface area contributed by atoms with Gasteiger partial charge in [-0.2, -0.15) is 0 Å². The van der Waals surface area contributed by atoms with E-state index in [0.717, 1.165) is 10.2 Å². The van der Waals surface area contributed by atoms with Gasteiger partial charge in [-0.1, -0.05) is 22.0 Å². The van der Waals surface area contributed by atoms with E-state index < -0.39 is 5.82 Å². The summed E-state index contributed by atoms with van der Waals surface area (Å²) in [7, 11) is 1.69. The lowest BCUT2D eigenvalue weighted by Crippen LogP contribution is -2.29. The maximum atomic E-state index is 14.4. The number of benzene rings is 2. The third-order valence-corrected chi connectivity index (χ3v) is 4.53. The van der Waals surface area contributed by atoms with Crippen molar-refractivity contribution in [1.82, 2.24) is 9.88 Å². The molecular weight excluding hydrogens is 411 g/mol. The molecule has 1 amide bonds. The van der Waals surface area contributed by atoms with Gasteiger partial charge in [0.2, 0.25) is 0 Å². The van der Waals surface area contributed by atoms with Crippen LogP contribution in [0.3, 0.4) is 0 Å². The van der Waals surface area contributed by atoms with Crippen LogP contribution < -0.4 is 4.74 Å². The van der Waals surface area contributed by atoms with Crippen LogP contribution in [-0.4, -0.2) is 29.4 Å². The average molecular weight is 429 g/mol. The van der Waals surface area contributed by atoms with Gasteiger partial charge in [0, 0.05) is 41.9 Å². The lowest BCUT2D eigenvalue weighted by Gasteiger charge is -2.17. The highest BCUT2D eigenvalue weighted by molar-refractivity contribution is 9.10. The van der Waals surface area contributed by atoms with Gasteiger partial charge in [-0.05, 0) is 54.6 Å². The molecule has 0 aliphatic carbocycles. The minimum Gasteiger partial charge on any atom is -0.454 e. The minimum atomic E-state index is -0.582. The van der Waals surface area contributed by atoms with E-state index >= 15 is 0 Å². The molecule has 3 aromatic rings. The summed E-state index contributed by atoms with van der Waals surface area (Å²) in [5.74, 6) is -0.240. The molecule has 138 valence electrons. The van der Waals surface area contributed by atoms with E-state index in [1.54, 1.807) is 36.3 Å². The van der Waals surface area contributed by atoms with Crippen LogP contribution in [-0.2, 0) is 6.42 Å². The Hall–Kier alpha value is -2.73. The predicted octanol–water partition coefficient (Wildman–Crippen LogP) is 5.09. The molecule has 0 atom stereocenters. The van der Waals surface area contributed by atoms with Gasteiger partial charge in [-0.15, -0.1) is 0 Å². The molecule has 0 unspecified atom stereocenters. The van der Waals surface area contributed by atoms with Gasteiger partial charge in [-0.25, -0.2) is 4.39 Å². The smallest absolute Gasteiger partial charge is 0.253 e. The third-order valence-electron chi connectivity index (χ3n) is 4.00. The number of halogens is 2. The van der Waals surface area contributed by atoms with Crippen LogP contribution in [0, 0.1) is 5.82 Å². The molecule has 6 heteroatoms. The summed E-state index contributed by atoms with van der Waals surface area (Å²) in [4.78, 5) is 18.3. The van der Waals surface area contributed by atoms with Gasteiger partial charge in [0.05, 0.1) is 0 Å². The van der Waals surface area contributed by atoms with Crippen molar-refractivity contribution in [3.05, 3.63) is 88.4 Å². The molecule has 0 fully saturated rings. The fourth-order valence-corrected chi connectivity index (χ4v) is 2.76. The Balaban J connectivity index is 1.65. The molecule has 2 aromatic carbocycles. The zero-order valence-electron chi connectivity index (χ0n) is 14.7. The normalized spacial score (nSPS) is 10.5. The second-order valence-corrected chi connectivity index (χ2v) is 6.91. The molecule has 4 nitrogen and oxygen atoms in total. The van der Waals surface area contributed by atoms with Crippen LogP contribution in [0.1, 0.15) is 16.1 Å². The lowest BCUT2D eigenvalue weighted by molar-refractivity contribution is 0.0796. The monoisotopic (exact) mass is 428 g/mol. The number of ether oxygens (including phenoxy) is 1. The largest absolute Gasteiger partial charge is 0.454 e. The summed E-state index contributed by atoms with van der Waals surface area (Å²) < 4.78 is 20.8. The zero-order valence-corrected chi connectivity index (χ0v) is 16.3. The van der Waals surface area contributed by atoms with Crippen LogP contribution in [0.2, 0.25) is 0 Å². The van der Waals surface area contributed by atoms with Gasteiger partial charge in [0.15, 0.2) is 11.6 Å². The number of carbonyl (C=O) groups excluding carboxylic acids is 1. The number of aromatic nitrogens is 1. The highest BCUT2D eigenvalue weighted by Crippen LogP contribution is 2.26. The van der Waals surface area contributed by atoms with Gasteiger partial charge in [0.25, 0.3) is 5.91 Å². The Morgan fingerprint density at radius 2 is 1.93 bits per heavy atom. The Kier molecular flexibility index (Phi) is 6.19. The van der Waals surface area contributed by atoms with Crippen LogP contribution >= 0.6 is 15.9 Å². The molecule has 0 aliphatic rings. The molecule has 0 spiro atoms.